The van der Waals surface area contributed by atoms with Crippen LogP contribution in [0.15, 0.2) is 28.7 Å². The number of hydrogen-bond donors (Lipinski definition) is 1. The van der Waals surface area contributed by atoms with Gasteiger partial charge in [-0.2, -0.15) is 0 Å². The van der Waals surface area contributed by atoms with Crippen molar-refractivity contribution < 1.29 is 9.84 Å². The van der Waals surface area contributed by atoms with E-state index in [0.717, 1.165) is 30.5 Å². The number of aliphatic hydroxyl groups is 1. The van der Waals surface area contributed by atoms with Gasteiger partial charge in [0, 0.05) is 16.5 Å². The molecule has 1 aliphatic heterocycles. The summed E-state index contributed by atoms with van der Waals surface area (Å²) in [6.07, 6.45) is 3.47. The van der Waals surface area contributed by atoms with Crippen LogP contribution in [0.1, 0.15) is 24.8 Å². The SMILES string of the molecule is OCC1(C2(c3ccccc3Br)COC2)CCC1. The molecule has 2 aliphatic rings. The highest BCUT2D eigenvalue weighted by atomic mass is 79.9. The minimum Gasteiger partial charge on any atom is -0.396 e. The van der Waals surface area contributed by atoms with Gasteiger partial charge in [0.15, 0.2) is 0 Å². The summed E-state index contributed by atoms with van der Waals surface area (Å²) in [7, 11) is 0. The van der Waals surface area contributed by atoms with Crippen LogP contribution in [0.25, 0.3) is 0 Å². The lowest BCUT2D eigenvalue weighted by atomic mass is 9.50. The van der Waals surface area contributed by atoms with Crippen molar-refractivity contribution in [3.63, 3.8) is 0 Å². The largest absolute Gasteiger partial charge is 0.396 e. The Morgan fingerprint density at radius 3 is 2.35 bits per heavy atom. The van der Waals surface area contributed by atoms with Crippen LogP contribution in [0.2, 0.25) is 0 Å². The Balaban J connectivity index is 2.06. The number of halogens is 1. The summed E-state index contributed by atoms with van der Waals surface area (Å²) in [5.41, 5.74) is 1.38. The molecule has 1 aromatic carbocycles. The topological polar surface area (TPSA) is 29.5 Å². The maximum Gasteiger partial charge on any atom is 0.0592 e. The van der Waals surface area contributed by atoms with Gasteiger partial charge in [-0.15, -0.1) is 0 Å². The van der Waals surface area contributed by atoms with Crippen LogP contribution in [0.4, 0.5) is 0 Å². The molecule has 1 aromatic rings. The predicted octanol–water partition coefficient (Wildman–Crippen LogP) is 2.88. The highest BCUT2D eigenvalue weighted by molar-refractivity contribution is 9.10. The van der Waals surface area contributed by atoms with Crippen LogP contribution in [0.5, 0.6) is 0 Å². The monoisotopic (exact) mass is 296 g/mol. The third-order valence-electron chi connectivity index (χ3n) is 4.71. The van der Waals surface area contributed by atoms with Gasteiger partial charge in [-0.3, -0.25) is 0 Å². The van der Waals surface area contributed by atoms with Crippen molar-refractivity contribution in [1.82, 2.24) is 0 Å². The molecule has 17 heavy (non-hydrogen) atoms. The molecular weight excluding hydrogens is 280 g/mol. The first-order valence-corrected chi connectivity index (χ1v) is 6.97. The van der Waals surface area contributed by atoms with Crippen molar-refractivity contribution in [1.29, 1.82) is 0 Å². The molecule has 2 fully saturated rings. The lowest BCUT2D eigenvalue weighted by molar-refractivity contribution is -0.173. The third kappa shape index (κ3) is 1.46. The van der Waals surface area contributed by atoms with Crippen LogP contribution >= 0.6 is 15.9 Å². The van der Waals surface area contributed by atoms with E-state index in [0.29, 0.717) is 0 Å². The van der Waals surface area contributed by atoms with Crippen molar-refractivity contribution in [3.05, 3.63) is 34.3 Å². The van der Waals surface area contributed by atoms with Gasteiger partial charge in [0.1, 0.15) is 0 Å². The summed E-state index contributed by atoms with van der Waals surface area (Å²) < 4.78 is 6.64. The number of benzene rings is 1. The fraction of sp³-hybridized carbons (Fsp3) is 0.571. The van der Waals surface area contributed by atoms with E-state index in [1.165, 1.54) is 12.0 Å². The molecule has 1 saturated carbocycles. The van der Waals surface area contributed by atoms with Crippen LogP contribution in [0.3, 0.4) is 0 Å². The molecule has 1 aliphatic carbocycles. The summed E-state index contributed by atoms with van der Waals surface area (Å²) >= 11 is 3.64. The van der Waals surface area contributed by atoms with Gasteiger partial charge >= 0.3 is 0 Å². The van der Waals surface area contributed by atoms with Crippen molar-refractivity contribution in [2.75, 3.05) is 19.8 Å². The highest BCUT2D eigenvalue weighted by Crippen LogP contribution is 2.59. The number of rotatable bonds is 3. The Morgan fingerprint density at radius 1 is 1.24 bits per heavy atom. The van der Waals surface area contributed by atoms with Crippen molar-refractivity contribution >= 4 is 15.9 Å². The Bertz CT molecular complexity index is 416. The molecule has 3 heteroatoms. The van der Waals surface area contributed by atoms with E-state index >= 15 is 0 Å². The summed E-state index contributed by atoms with van der Waals surface area (Å²) in [4.78, 5) is 0. The maximum absolute atomic E-state index is 9.82. The average molecular weight is 297 g/mol. The Kier molecular flexibility index (Phi) is 2.80. The van der Waals surface area contributed by atoms with Gasteiger partial charge in [0.2, 0.25) is 0 Å². The van der Waals surface area contributed by atoms with Crippen LogP contribution in [0, 0.1) is 5.41 Å². The van der Waals surface area contributed by atoms with E-state index in [9.17, 15) is 5.11 Å². The van der Waals surface area contributed by atoms with Gasteiger partial charge in [-0.1, -0.05) is 40.5 Å². The molecule has 3 rings (SSSR count). The zero-order valence-electron chi connectivity index (χ0n) is 9.79. The first-order chi connectivity index (χ1) is 8.24. The van der Waals surface area contributed by atoms with E-state index in [4.69, 9.17) is 4.74 Å². The number of ether oxygens (including phenoxy) is 1. The molecule has 0 bridgehead atoms. The first kappa shape index (κ1) is 11.7. The summed E-state index contributed by atoms with van der Waals surface area (Å²) in [6.45, 7) is 1.77. The van der Waals surface area contributed by atoms with Crippen LogP contribution < -0.4 is 0 Å². The molecule has 0 radical (unpaired) electrons. The molecular formula is C14H17BrO2. The molecule has 2 nitrogen and oxygen atoms in total. The second kappa shape index (κ2) is 4.08. The molecule has 1 saturated heterocycles. The standard InChI is InChI=1S/C14H17BrO2/c15-12-5-2-1-4-11(12)14(9-17-10-14)13(8-16)6-3-7-13/h1-2,4-5,16H,3,6-10H2. The third-order valence-corrected chi connectivity index (χ3v) is 5.41. The minimum atomic E-state index is 0.0279. The molecule has 0 unspecified atom stereocenters. The highest BCUT2D eigenvalue weighted by Gasteiger charge is 2.59. The van der Waals surface area contributed by atoms with E-state index in [1.54, 1.807) is 0 Å². The quantitative estimate of drug-likeness (QED) is 0.929. The summed E-state index contributed by atoms with van der Waals surface area (Å²) in [5, 5.41) is 9.82. The van der Waals surface area contributed by atoms with E-state index < -0.39 is 0 Å². The predicted molar refractivity (Wildman–Crippen MR) is 70.0 cm³/mol. The lowest BCUT2D eigenvalue weighted by Gasteiger charge is -2.59. The summed E-state index contributed by atoms with van der Waals surface area (Å²) in [5.74, 6) is 0. The van der Waals surface area contributed by atoms with Crippen LogP contribution in [-0.2, 0) is 10.2 Å². The molecule has 1 heterocycles. The van der Waals surface area contributed by atoms with Gasteiger partial charge in [-0.05, 0) is 24.5 Å². The zero-order chi connectivity index (χ0) is 11.9. The fourth-order valence-electron chi connectivity index (χ4n) is 3.29. The second-order valence-corrected chi connectivity index (χ2v) is 6.20. The van der Waals surface area contributed by atoms with E-state index in [-0.39, 0.29) is 17.4 Å². The normalized spacial score (nSPS) is 24.8. The zero-order valence-corrected chi connectivity index (χ0v) is 11.4. The Hall–Kier alpha value is -0.380. The maximum atomic E-state index is 9.82. The molecule has 0 aromatic heterocycles. The molecule has 0 amide bonds. The first-order valence-electron chi connectivity index (χ1n) is 6.18. The second-order valence-electron chi connectivity index (χ2n) is 5.35. The molecule has 1 N–H and O–H groups in total. The van der Waals surface area contributed by atoms with E-state index in [2.05, 4.69) is 34.1 Å². The number of hydrogen-bond acceptors (Lipinski definition) is 2. The lowest BCUT2D eigenvalue weighted by Crippen LogP contribution is -2.63. The fourth-order valence-corrected chi connectivity index (χ4v) is 3.96. The molecule has 0 spiro atoms. The van der Waals surface area contributed by atoms with Crippen molar-refractivity contribution in [3.8, 4) is 0 Å². The van der Waals surface area contributed by atoms with Gasteiger partial charge in [0.25, 0.3) is 0 Å². The van der Waals surface area contributed by atoms with Crippen molar-refractivity contribution in [2.24, 2.45) is 5.41 Å². The smallest absolute Gasteiger partial charge is 0.0592 e. The van der Waals surface area contributed by atoms with Gasteiger partial charge < -0.3 is 9.84 Å². The van der Waals surface area contributed by atoms with Gasteiger partial charge in [-0.25, -0.2) is 0 Å². The van der Waals surface area contributed by atoms with Gasteiger partial charge in [0.05, 0.1) is 18.6 Å². The van der Waals surface area contributed by atoms with Crippen molar-refractivity contribution in [2.45, 2.75) is 24.7 Å². The van der Waals surface area contributed by atoms with Crippen LogP contribution in [-0.4, -0.2) is 24.9 Å². The minimum absolute atomic E-state index is 0.0279. The summed E-state index contributed by atoms with van der Waals surface area (Å²) in [6, 6.07) is 8.36. The Labute approximate surface area is 110 Å². The molecule has 92 valence electrons. The van der Waals surface area contributed by atoms with E-state index in [1.807, 2.05) is 6.07 Å². The molecule has 0 atom stereocenters. The average Bonchev–Trinajstić information content (AvgIpc) is 2.22. The number of aliphatic hydroxyl groups excluding tert-OH is 1. The Morgan fingerprint density at radius 2 is 1.94 bits per heavy atom.